The van der Waals surface area contributed by atoms with Gasteiger partial charge in [-0.05, 0) is 53.9 Å². The molecule has 1 heterocycles. The Bertz CT molecular complexity index is 1190. The van der Waals surface area contributed by atoms with E-state index in [-0.39, 0.29) is 12.1 Å². The Morgan fingerprint density at radius 2 is 1.54 bits per heavy atom. The zero-order valence-electron chi connectivity index (χ0n) is 19.7. The average molecular weight is 527 g/mol. The molecule has 0 radical (unpaired) electrons. The highest BCUT2D eigenvalue weighted by atomic mass is 19.4. The lowest BCUT2D eigenvalue weighted by Gasteiger charge is -2.23. The van der Waals surface area contributed by atoms with Crippen LogP contribution < -0.4 is 20.1 Å². The van der Waals surface area contributed by atoms with Crippen molar-refractivity contribution in [2.45, 2.75) is 24.8 Å². The fourth-order valence-electron chi connectivity index (χ4n) is 3.57. The number of carbonyl (C=O) groups excluding carboxylic acids is 1. The summed E-state index contributed by atoms with van der Waals surface area (Å²) >= 11 is 0. The summed E-state index contributed by atoms with van der Waals surface area (Å²) in [4.78, 5) is 16.5. The zero-order valence-corrected chi connectivity index (χ0v) is 19.7. The molecule has 0 aliphatic carbocycles. The smallest absolute Gasteiger partial charge is 0.418 e. The molecule has 0 spiro atoms. The first-order chi connectivity index (χ1) is 17.4. The van der Waals surface area contributed by atoms with Crippen molar-refractivity contribution in [1.29, 1.82) is 0 Å². The number of alkyl halides is 6. The van der Waals surface area contributed by atoms with Crippen LogP contribution in [0.2, 0.25) is 0 Å². The molecule has 0 fully saturated rings. The lowest BCUT2D eigenvalue weighted by Crippen LogP contribution is -2.40. The van der Waals surface area contributed by atoms with Crippen LogP contribution in [-0.4, -0.2) is 31.8 Å². The van der Waals surface area contributed by atoms with Crippen LogP contribution in [-0.2, 0) is 18.8 Å². The predicted molar refractivity (Wildman–Crippen MR) is 122 cm³/mol. The number of nitrogens with zero attached hydrogens (tertiary/aromatic N) is 1. The van der Waals surface area contributed by atoms with Crippen molar-refractivity contribution < 1.29 is 40.6 Å². The fourth-order valence-corrected chi connectivity index (χ4v) is 3.57. The number of urea groups is 1. The standard InChI is InChI=1S/C25H23F6N3O3/c1-36-18-12-15(13-19(14-18)37-2)9-11-33-23(35)34-21(16-5-7-17(8-6-16)24(26,27)28)22-20(25(29,30)31)4-3-10-32-22/h3-8,10,12-14,21H,9,11H2,1-2H3,(H2,33,34,35)/t21-/m0/s1. The van der Waals surface area contributed by atoms with Crippen LogP contribution in [0, 0.1) is 0 Å². The van der Waals surface area contributed by atoms with E-state index < -0.39 is 41.2 Å². The van der Waals surface area contributed by atoms with Gasteiger partial charge in [0.2, 0.25) is 0 Å². The topological polar surface area (TPSA) is 72.5 Å². The highest BCUT2D eigenvalue weighted by Gasteiger charge is 2.37. The number of aromatic nitrogens is 1. The number of hydrogen-bond acceptors (Lipinski definition) is 4. The van der Waals surface area contributed by atoms with Crippen molar-refractivity contribution in [3.05, 3.63) is 88.7 Å². The van der Waals surface area contributed by atoms with Gasteiger partial charge < -0.3 is 20.1 Å². The Balaban J connectivity index is 1.83. The molecule has 12 heteroatoms. The van der Waals surface area contributed by atoms with E-state index in [1.165, 1.54) is 14.2 Å². The van der Waals surface area contributed by atoms with E-state index in [0.717, 1.165) is 48.2 Å². The number of benzene rings is 2. The Morgan fingerprint density at radius 1 is 0.919 bits per heavy atom. The third kappa shape index (κ3) is 7.28. The number of ether oxygens (including phenoxy) is 2. The van der Waals surface area contributed by atoms with Gasteiger partial charge in [-0.1, -0.05) is 12.1 Å². The maximum atomic E-state index is 13.7. The molecule has 37 heavy (non-hydrogen) atoms. The summed E-state index contributed by atoms with van der Waals surface area (Å²) in [6.07, 6.45) is -8.00. The van der Waals surface area contributed by atoms with E-state index in [0.29, 0.717) is 17.9 Å². The summed E-state index contributed by atoms with van der Waals surface area (Å²) in [7, 11) is 2.97. The van der Waals surface area contributed by atoms with Gasteiger partial charge in [-0.15, -0.1) is 0 Å². The molecule has 0 aliphatic rings. The minimum Gasteiger partial charge on any atom is -0.497 e. The monoisotopic (exact) mass is 527 g/mol. The summed E-state index contributed by atoms with van der Waals surface area (Å²) in [5.41, 5.74) is -1.90. The van der Waals surface area contributed by atoms with E-state index in [2.05, 4.69) is 15.6 Å². The summed E-state index contributed by atoms with van der Waals surface area (Å²) in [6.45, 7) is 0.0935. The first-order valence-electron chi connectivity index (χ1n) is 10.9. The molecule has 3 aromatic rings. The maximum Gasteiger partial charge on any atom is 0.418 e. The first kappa shape index (κ1) is 27.6. The van der Waals surface area contributed by atoms with Gasteiger partial charge in [0.05, 0.1) is 37.1 Å². The van der Waals surface area contributed by atoms with Crippen molar-refractivity contribution in [1.82, 2.24) is 15.6 Å². The SMILES string of the molecule is COc1cc(CCNC(=O)N[C@@H](c2ccc(C(F)(F)F)cc2)c2ncccc2C(F)(F)F)cc(OC)c1. The summed E-state index contributed by atoms with van der Waals surface area (Å²) < 4.78 is 90.3. The van der Waals surface area contributed by atoms with Crippen LogP contribution >= 0.6 is 0 Å². The van der Waals surface area contributed by atoms with Gasteiger partial charge in [0, 0.05) is 18.8 Å². The number of hydrogen-bond donors (Lipinski definition) is 2. The number of rotatable bonds is 8. The van der Waals surface area contributed by atoms with Crippen LogP contribution in [0.5, 0.6) is 11.5 Å². The molecular weight excluding hydrogens is 504 g/mol. The van der Waals surface area contributed by atoms with Gasteiger partial charge in [0.25, 0.3) is 0 Å². The number of amides is 2. The van der Waals surface area contributed by atoms with Crippen molar-refractivity contribution in [3.63, 3.8) is 0 Å². The highest BCUT2D eigenvalue weighted by Crippen LogP contribution is 2.36. The predicted octanol–water partition coefficient (Wildman–Crippen LogP) is 5.77. The van der Waals surface area contributed by atoms with Crippen molar-refractivity contribution in [2.75, 3.05) is 20.8 Å². The van der Waals surface area contributed by atoms with Crippen LogP contribution in [0.3, 0.4) is 0 Å². The molecule has 0 unspecified atom stereocenters. The molecule has 0 saturated carbocycles. The lowest BCUT2D eigenvalue weighted by atomic mass is 9.98. The van der Waals surface area contributed by atoms with Crippen molar-refractivity contribution in [2.24, 2.45) is 0 Å². The number of pyridine rings is 1. The zero-order chi connectivity index (χ0) is 27.2. The van der Waals surface area contributed by atoms with Crippen molar-refractivity contribution in [3.8, 4) is 11.5 Å². The Labute approximate surface area is 208 Å². The molecule has 0 bridgehead atoms. The first-order valence-corrected chi connectivity index (χ1v) is 10.9. The van der Waals surface area contributed by atoms with Gasteiger partial charge in [0.15, 0.2) is 0 Å². The number of halogens is 6. The third-order valence-corrected chi connectivity index (χ3v) is 5.37. The van der Waals surface area contributed by atoms with E-state index in [9.17, 15) is 31.1 Å². The molecule has 198 valence electrons. The molecule has 1 atom stereocenters. The molecule has 0 aliphatic heterocycles. The molecule has 2 amide bonds. The normalized spacial score (nSPS) is 12.5. The van der Waals surface area contributed by atoms with E-state index >= 15 is 0 Å². The molecule has 2 aromatic carbocycles. The number of nitrogens with one attached hydrogen (secondary N) is 2. The Hall–Kier alpha value is -3.96. The van der Waals surface area contributed by atoms with E-state index in [4.69, 9.17) is 9.47 Å². The minimum atomic E-state index is -4.81. The van der Waals surface area contributed by atoms with Gasteiger partial charge >= 0.3 is 18.4 Å². The third-order valence-electron chi connectivity index (χ3n) is 5.37. The van der Waals surface area contributed by atoms with E-state index in [1.54, 1.807) is 18.2 Å². The van der Waals surface area contributed by atoms with Crippen molar-refractivity contribution >= 4 is 6.03 Å². The summed E-state index contributed by atoms with van der Waals surface area (Å²) in [6, 6.07) is 8.17. The second-order valence-corrected chi connectivity index (χ2v) is 7.86. The van der Waals surface area contributed by atoms with Gasteiger partial charge in [-0.2, -0.15) is 26.3 Å². The summed E-state index contributed by atoms with van der Waals surface area (Å²) in [5.74, 6) is 1.08. The van der Waals surface area contributed by atoms with Gasteiger partial charge in [-0.3, -0.25) is 4.98 Å². The number of carbonyl (C=O) groups is 1. The molecule has 6 nitrogen and oxygen atoms in total. The van der Waals surface area contributed by atoms with Gasteiger partial charge in [0.1, 0.15) is 11.5 Å². The average Bonchev–Trinajstić information content (AvgIpc) is 2.86. The highest BCUT2D eigenvalue weighted by molar-refractivity contribution is 5.75. The largest absolute Gasteiger partial charge is 0.497 e. The van der Waals surface area contributed by atoms with E-state index in [1.807, 2.05) is 0 Å². The second-order valence-electron chi connectivity index (χ2n) is 7.86. The molecule has 1 aromatic heterocycles. The molecule has 2 N–H and O–H groups in total. The van der Waals surface area contributed by atoms with Crippen LogP contribution in [0.15, 0.2) is 60.8 Å². The van der Waals surface area contributed by atoms with Gasteiger partial charge in [-0.25, -0.2) is 4.79 Å². The minimum absolute atomic E-state index is 0.00937. The maximum absolute atomic E-state index is 13.7. The quantitative estimate of drug-likeness (QED) is 0.365. The van der Waals surface area contributed by atoms with Crippen LogP contribution in [0.25, 0.3) is 0 Å². The molecular formula is C25H23F6N3O3. The molecule has 0 saturated heterocycles. The Kier molecular flexibility index (Phi) is 8.51. The Morgan fingerprint density at radius 3 is 2.08 bits per heavy atom. The summed E-state index contributed by atoms with van der Waals surface area (Å²) in [5, 5.41) is 4.96. The molecule has 3 rings (SSSR count). The lowest BCUT2D eigenvalue weighted by molar-refractivity contribution is -0.139. The number of methoxy groups -OCH3 is 2. The van der Waals surface area contributed by atoms with Crippen LogP contribution in [0.1, 0.15) is 34.0 Å². The second kappa shape index (κ2) is 11.4. The fraction of sp³-hybridized carbons (Fsp3) is 0.280. The van der Waals surface area contributed by atoms with Crippen LogP contribution in [0.4, 0.5) is 31.1 Å².